The van der Waals surface area contributed by atoms with Crippen molar-refractivity contribution in [3.63, 3.8) is 0 Å². The minimum atomic E-state index is -0.554. The van der Waals surface area contributed by atoms with Crippen LogP contribution in [0.15, 0.2) is 71.3 Å². The van der Waals surface area contributed by atoms with E-state index in [9.17, 15) is 4.79 Å². The maximum absolute atomic E-state index is 11.9. The third-order valence-electron chi connectivity index (χ3n) is 4.66. The first-order valence-corrected chi connectivity index (χ1v) is 10.6. The lowest BCUT2D eigenvalue weighted by Gasteiger charge is -2.19. The minimum Gasteiger partial charge on any atom is -0.497 e. The van der Waals surface area contributed by atoms with Crippen molar-refractivity contribution in [2.24, 2.45) is 10.2 Å². The van der Waals surface area contributed by atoms with Crippen molar-refractivity contribution >= 4 is 28.6 Å². The highest BCUT2D eigenvalue weighted by Gasteiger charge is 2.16. The zero-order valence-electron chi connectivity index (χ0n) is 19.4. The summed E-state index contributed by atoms with van der Waals surface area (Å²) >= 11 is 0. The van der Waals surface area contributed by atoms with Crippen LogP contribution in [0.25, 0.3) is 16.7 Å². The highest BCUT2D eigenvalue weighted by Crippen LogP contribution is 2.25. The molecule has 174 valence electrons. The maximum Gasteiger partial charge on any atom is 0.412 e. The number of nitrogens with zero attached hydrogens (tertiary/aromatic N) is 6. The van der Waals surface area contributed by atoms with Gasteiger partial charge in [0.25, 0.3) is 0 Å². The number of hydrogen-bond acceptors (Lipinski definition) is 8. The smallest absolute Gasteiger partial charge is 0.412 e. The molecule has 1 N–H and O–H groups in total. The third-order valence-corrected chi connectivity index (χ3v) is 4.66. The molecule has 0 radical (unpaired) electrons. The van der Waals surface area contributed by atoms with Crippen LogP contribution in [0, 0.1) is 0 Å². The summed E-state index contributed by atoms with van der Waals surface area (Å²) in [6.45, 7) is 5.80. The van der Waals surface area contributed by atoms with Gasteiger partial charge in [0, 0.05) is 11.8 Å². The van der Waals surface area contributed by atoms with Gasteiger partial charge < -0.3 is 9.47 Å². The molecule has 2 aromatic heterocycles. The van der Waals surface area contributed by atoms with Crippen molar-refractivity contribution in [1.82, 2.24) is 19.7 Å². The number of carbonyl (C=O) groups is 1. The van der Waals surface area contributed by atoms with E-state index >= 15 is 0 Å². The molecule has 4 aromatic rings. The topological polar surface area (TPSA) is 116 Å². The molecule has 0 aliphatic rings. The van der Waals surface area contributed by atoms with Crippen LogP contribution in [0.2, 0.25) is 0 Å². The van der Waals surface area contributed by atoms with E-state index < -0.39 is 11.7 Å². The molecule has 34 heavy (non-hydrogen) atoms. The van der Waals surface area contributed by atoms with Gasteiger partial charge in [-0.2, -0.15) is 10.2 Å². The third kappa shape index (κ3) is 5.52. The Morgan fingerprint density at radius 2 is 1.91 bits per heavy atom. The van der Waals surface area contributed by atoms with E-state index in [2.05, 4.69) is 30.6 Å². The van der Waals surface area contributed by atoms with Gasteiger partial charge in [0.2, 0.25) is 0 Å². The monoisotopic (exact) mass is 459 g/mol. The molecule has 0 saturated heterocycles. The largest absolute Gasteiger partial charge is 0.497 e. The number of rotatable bonds is 6. The lowest BCUT2D eigenvalue weighted by molar-refractivity contribution is 0.0636. The number of fused-ring (bicyclic) bond motifs is 1. The Morgan fingerprint density at radius 1 is 1.12 bits per heavy atom. The summed E-state index contributed by atoms with van der Waals surface area (Å²) in [4.78, 5) is 20.5. The Bertz CT molecular complexity index is 1320. The second-order valence-electron chi connectivity index (χ2n) is 8.42. The number of aromatic nitrogens is 4. The first-order chi connectivity index (χ1) is 16.3. The van der Waals surface area contributed by atoms with Crippen molar-refractivity contribution in [3.8, 4) is 11.4 Å². The van der Waals surface area contributed by atoms with E-state index in [1.807, 2.05) is 57.2 Å². The Labute approximate surface area is 196 Å². The van der Waals surface area contributed by atoms with Gasteiger partial charge in [-0.3, -0.25) is 5.32 Å². The average molecular weight is 460 g/mol. The van der Waals surface area contributed by atoms with Crippen molar-refractivity contribution in [1.29, 1.82) is 0 Å². The van der Waals surface area contributed by atoms with Crippen LogP contribution < -0.4 is 10.1 Å². The summed E-state index contributed by atoms with van der Waals surface area (Å²) in [5.74, 6) is 1.16. The molecule has 4 rings (SSSR count). The molecule has 10 nitrogen and oxygen atoms in total. The van der Waals surface area contributed by atoms with Crippen LogP contribution in [0.4, 0.5) is 16.3 Å². The molecule has 0 saturated carbocycles. The van der Waals surface area contributed by atoms with Gasteiger partial charge in [0.15, 0.2) is 11.5 Å². The average Bonchev–Trinajstić information content (AvgIpc) is 3.24. The van der Waals surface area contributed by atoms with Crippen molar-refractivity contribution in [2.45, 2.75) is 32.9 Å². The standard InChI is InChI=1S/C24H25N7O3/c1-24(2,3)34-23(32)29-17-10-8-16(9-11-17)13-27-30-21-20-14-28-31(22(20)26-15-25-21)18-6-5-7-19(12-18)33-4/h5-12,14-15H,13H2,1-4H3,(H,29,32). The normalized spacial score (nSPS) is 11.6. The second-order valence-corrected chi connectivity index (χ2v) is 8.42. The summed E-state index contributed by atoms with van der Waals surface area (Å²) in [7, 11) is 1.62. The van der Waals surface area contributed by atoms with Gasteiger partial charge in [0.05, 0.1) is 30.9 Å². The van der Waals surface area contributed by atoms with Crippen LogP contribution >= 0.6 is 0 Å². The molecule has 10 heteroatoms. The van der Waals surface area contributed by atoms with Crippen molar-refractivity contribution < 1.29 is 14.3 Å². The van der Waals surface area contributed by atoms with Crippen molar-refractivity contribution in [2.75, 3.05) is 12.4 Å². The SMILES string of the molecule is COc1cccc(-n2ncc3c(N=NCc4ccc(NC(=O)OC(C)(C)C)cc4)ncnc32)c1. The Balaban J connectivity index is 1.45. The molecule has 0 aliphatic carbocycles. The number of hydrogen-bond donors (Lipinski definition) is 1. The van der Waals surface area contributed by atoms with Gasteiger partial charge in [-0.1, -0.05) is 18.2 Å². The van der Waals surface area contributed by atoms with E-state index in [1.54, 1.807) is 30.1 Å². The lowest BCUT2D eigenvalue weighted by atomic mass is 10.2. The van der Waals surface area contributed by atoms with Crippen LogP contribution in [0.5, 0.6) is 5.75 Å². The van der Waals surface area contributed by atoms with Gasteiger partial charge in [0.1, 0.15) is 17.7 Å². The number of benzene rings is 2. The van der Waals surface area contributed by atoms with Gasteiger partial charge in [-0.05, 0) is 50.6 Å². The van der Waals surface area contributed by atoms with E-state index in [0.29, 0.717) is 29.1 Å². The zero-order chi connectivity index (χ0) is 24.1. The van der Waals surface area contributed by atoms with E-state index in [0.717, 1.165) is 17.0 Å². The van der Waals surface area contributed by atoms with Gasteiger partial charge in [-0.15, -0.1) is 5.11 Å². The van der Waals surface area contributed by atoms with E-state index in [-0.39, 0.29) is 0 Å². The van der Waals surface area contributed by atoms with E-state index in [1.165, 1.54) is 6.33 Å². The number of carbonyl (C=O) groups excluding carboxylic acids is 1. The highest BCUT2D eigenvalue weighted by molar-refractivity contribution is 5.85. The Morgan fingerprint density at radius 3 is 2.65 bits per heavy atom. The molecule has 0 spiro atoms. The molecular weight excluding hydrogens is 434 g/mol. The second kappa shape index (κ2) is 9.65. The fraction of sp³-hybridized carbons (Fsp3) is 0.250. The number of methoxy groups -OCH3 is 1. The molecule has 2 heterocycles. The highest BCUT2D eigenvalue weighted by atomic mass is 16.6. The first-order valence-electron chi connectivity index (χ1n) is 10.6. The number of amides is 1. The molecule has 1 amide bonds. The lowest BCUT2D eigenvalue weighted by Crippen LogP contribution is -2.27. The van der Waals surface area contributed by atoms with Gasteiger partial charge >= 0.3 is 6.09 Å². The summed E-state index contributed by atoms with van der Waals surface area (Å²) < 4.78 is 12.3. The number of azo groups is 1. The summed E-state index contributed by atoms with van der Waals surface area (Å²) in [5.41, 5.74) is 2.44. The van der Waals surface area contributed by atoms with Crippen LogP contribution in [-0.4, -0.2) is 38.6 Å². The minimum absolute atomic E-state index is 0.349. The fourth-order valence-electron chi connectivity index (χ4n) is 3.14. The molecule has 0 fully saturated rings. The maximum atomic E-state index is 11.9. The molecule has 2 aromatic carbocycles. The Hall–Kier alpha value is -4.34. The quantitative estimate of drug-likeness (QED) is 0.383. The molecule has 0 unspecified atom stereocenters. The molecule has 0 aliphatic heterocycles. The first kappa shape index (κ1) is 22.8. The summed E-state index contributed by atoms with van der Waals surface area (Å²) in [6, 6.07) is 14.8. The number of nitrogens with one attached hydrogen (secondary N) is 1. The zero-order valence-corrected chi connectivity index (χ0v) is 19.4. The summed E-state index contributed by atoms with van der Waals surface area (Å²) in [6.07, 6.45) is 2.61. The van der Waals surface area contributed by atoms with Crippen LogP contribution in [0.3, 0.4) is 0 Å². The number of anilines is 1. The Kier molecular flexibility index (Phi) is 6.48. The van der Waals surface area contributed by atoms with Crippen LogP contribution in [0.1, 0.15) is 26.3 Å². The van der Waals surface area contributed by atoms with Gasteiger partial charge in [-0.25, -0.2) is 19.4 Å². The molecule has 0 atom stereocenters. The predicted octanol–water partition coefficient (Wildman–Crippen LogP) is 5.46. The summed E-state index contributed by atoms with van der Waals surface area (Å²) in [5, 5.41) is 16.4. The molecule has 0 bridgehead atoms. The fourth-order valence-corrected chi connectivity index (χ4v) is 3.14. The van der Waals surface area contributed by atoms with E-state index in [4.69, 9.17) is 9.47 Å². The number of ether oxygens (including phenoxy) is 2. The van der Waals surface area contributed by atoms with Crippen LogP contribution in [-0.2, 0) is 11.3 Å². The predicted molar refractivity (Wildman–Crippen MR) is 128 cm³/mol. The molecular formula is C24H25N7O3. The van der Waals surface area contributed by atoms with Crippen molar-refractivity contribution in [3.05, 3.63) is 66.6 Å².